The predicted molar refractivity (Wildman–Crippen MR) is 105 cm³/mol. The molecule has 3 heteroatoms. The molecule has 0 bridgehead atoms. The maximum Gasteiger partial charge on any atom is 0.192 e. The van der Waals surface area contributed by atoms with Gasteiger partial charge in [0.15, 0.2) is 8.32 Å². The van der Waals surface area contributed by atoms with Gasteiger partial charge in [-0.2, -0.15) is 0 Å². The average Bonchev–Trinajstić information content (AvgIpc) is 2.79. The van der Waals surface area contributed by atoms with E-state index < -0.39 is 13.7 Å². The molecule has 0 spiro atoms. The van der Waals surface area contributed by atoms with Crippen molar-refractivity contribution in [3.63, 3.8) is 0 Å². The summed E-state index contributed by atoms with van der Waals surface area (Å²) < 4.78 is 6.52. The first-order valence-electron chi connectivity index (χ1n) is 9.40. The van der Waals surface area contributed by atoms with Gasteiger partial charge in [-0.1, -0.05) is 45.4 Å². The molecule has 1 saturated carbocycles. The van der Waals surface area contributed by atoms with Crippen LogP contribution in [-0.2, 0) is 9.22 Å². The summed E-state index contributed by atoms with van der Waals surface area (Å²) in [5.41, 5.74) is 1.01. The van der Waals surface area contributed by atoms with Crippen molar-refractivity contribution in [1.82, 2.24) is 0 Å². The molecule has 0 unspecified atom stereocenters. The number of carbonyl (C=O) groups is 1. The van der Waals surface area contributed by atoms with Gasteiger partial charge in [0.05, 0.1) is 5.41 Å². The Hall–Kier alpha value is -0.673. The Morgan fingerprint density at radius 3 is 2.58 bits per heavy atom. The molecule has 0 N–H and O–H groups in total. The third-order valence-corrected chi connectivity index (χ3v) is 11.7. The lowest BCUT2D eigenvalue weighted by Gasteiger charge is -2.49. The van der Waals surface area contributed by atoms with Gasteiger partial charge < -0.3 is 4.43 Å². The lowest BCUT2D eigenvalue weighted by molar-refractivity contribution is -0.131. The number of rotatable bonds is 5. The SMILES string of the molecule is C=CC[C@@]12CCC(=O)[C@@](C)(CO[Si](C)(C)C(C)(C)C)C1=CC[C@H]2C. The van der Waals surface area contributed by atoms with E-state index in [0.29, 0.717) is 24.7 Å². The monoisotopic (exact) mass is 348 g/mol. The molecule has 2 rings (SSSR count). The van der Waals surface area contributed by atoms with Gasteiger partial charge in [0, 0.05) is 13.0 Å². The van der Waals surface area contributed by atoms with E-state index >= 15 is 0 Å². The van der Waals surface area contributed by atoms with E-state index in [-0.39, 0.29) is 10.5 Å². The molecule has 0 aliphatic heterocycles. The Morgan fingerprint density at radius 1 is 1.42 bits per heavy atom. The third-order valence-electron chi connectivity index (χ3n) is 7.20. The summed E-state index contributed by atoms with van der Waals surface area (Å²) in [5, 5.41) is 0.163. The van der Waals surface area contributed by atoms with Gasteiger partial charge >= 0.3 is 0 Å². The molecule has 0 aromatic rings. The molecule has 0 radical (unpaired) electrons. The van der Waals surface area contributed by atoms with Crippen LogP contribution in [0.2, 0.25) is 18.1 Å². The highest BCUT2D eigenvalue weighted by molar-refractivity contribution is 6.74. The molecule has 24 heavy (non-hydrogen) atoms. The molecule has 0 saturated heterocycles. The first-order valence-corrected chi connectivity index (χ1v) is 12.3. The molecule has 0 amide bonds. The highest BCUT2D eigenvalue weighted by atomic mass is 28.4. The molecule has 3 atom stereocenters. The van der Waals surface area contributed by atoms with Crippen LogP contribution in [0.3, 0.4) is 0 Å². The topological polar surface area (TPSA) is 26.3 Å². The first kappa shape index (κ1) is 19.6. The Balaban J connectivity index is 2.33. The third kappa shape index (κ3) is 2.99. The van der Waals surface area contributed by atoms with Gasteiger partial charge in [0.2, 0.25) is 0 Å². The molecular formula is C21H36O2Si. The Labute approximate surface area is 149 Å². The predicted octanol–water partition coefficient (Wildman–Crippen LogP) is 5.91. The van der Waals surface area contributed by atoms with Crippen molar-refractivity contribution in [3.05, 3.63) is 24.3 Å². The molecule has 1 fully saturated rings. The average molecular weight is 349 g/mol. The minimum absolute atomic E-state index is 0.126. The lowest BCUT2D eigenvalue weighted by Crippen LogP contribution is -2.50. The molecule has 2 aliphatic carbocycles. The van der Waals surface area contributed by atoms with E-state index in [2.05, 4.69) is 60.4 Å². The quantitative estimate of drug-likeness (QED) is 0.456. The van der Waals surface area contributed by atoms with Crippen LogP contribution in [0, 0.1) is 16.7 Å². The van der Waals surface area contributed by atoms with E-state index in [4.69, 9.17) is 4.43 Å². The Kier molecular flexibility index (Phi) is 5.11. The summed E-state index contributed by atoms with van der Waals surface area (Å²) in [6.07, 6.45) is 8.09. The van der Waals surface area contributed by atoms with Crippen LogP contribution in [0.1, 0.15) is 60.3 Å². The minimum atomic E-state index is -1.87. The summed E-state index contributed by atoms with van der Waals surface area (Å²) in [6, 6.07) is 0. The fraction of sp³-hybridized carbons (Fsp3) is 0.762. The van der Waals surface area contributed by atoms with E-state index in [1.807, 2.05) is 6.08 Å². The number of Topliss-reactive ketones (excluding diaryl/α,β-unsaturated/α-hetero) is 1. The zero-order chi connectivity index (χ0) is 18.4. The second kappa shape index (κ2) is 6.24. The van der Waals surface area contributed by atoms with E-state index in [0.717, 1.165) is 19.3 Å². The summed E-state index contributed by atoms with van der Waals surface area (Å²) in [4.78, 5) is 12.9. The highest BCUT2D eigenvalue weighted by Crippen LogP contribution is 2.60. The molecular weight excluding hydrogens is 312 g/mol. The van der Waals surface area contributed by atoms with Crippen molar-refractivity contribution in [2.45, 2.75) is 78.4 Å². The number of hydrogen-bond donors (Lipinski definition) is 0. The zero-order valence-corrected chi connectivity index (χ0v) is 17.8. The largest absolute Gasteiger partial charge is 0.415 e. The van der Waals surface area contributed by atoms with Crippen LogP contribution in [0.5, 0.6) is 0 Å². The first-order chi connectivity index (χ1) is 10.9. The van der Waals surface area contributed by atoms with E-state index in [1.54, 1.807) is 0 Å². The standard InChI is InChI=1S/C21H36O2Si/c1-9-13-21-14-12-18(22)20(6,17(21)11-10-16(21)2)15-23-24(7,8)19(3,4)5/h9,11,16H,1,10,12-15H2,2-8H3/t16-,20+,21+/m1/s1. The number of allylic oxidation sites excluding steroid dienone is 2. The molecule has 0 aromatic carbocycles. The Morgan fingerprint density at radius 2 is 2.04 bits per heavy atom. The lowest BCUT2D eigenvalue weighted by atomic mass is 9.56. The van der Waals surface area contributed by atoms with Crippen LogP contribution < -0.4 is 0 Å². The molecule has 2 aliphatic rings. The maximum atomic E-state index is 12.9. The number of hydrogen-bond acceptors (Lipinski definition) is 2. The van der Waals surface area contributed by atoms with Gasteiger partial charge in [-0.05, 0) is 55.7 Å². The van der Waals surface area contributed by atoms with Crippen LogP contribution in [0.4, 0.5) is 0 Å². The minimum Gasteiger partial charge on any atom is -0.415 e. The van der Waals surface area contributed by atoms with E-state index in [9.17, 15) is 4.79 Å². The smallest absolute Gasteiger partial charge is 0.192 e. The maximum absolute atomic E-state index is 12.9. The van der Waals surface area contributed by atoms with Gasteiger partial charge in [-0.25, -0.2) is 0 Å². The van der Waals surface area contributed by atoms with Crippen molar-refractivity contribution in [2.75, 3.05) is 6.61 Å². The highest BCUT2D eigenvalue weighted by Gasteiger charge is 2.55. The second-order valence-corrected chi connectivity index (χ2v) is 14.5. The Bertz CT molecular complexity index is 555. The number of fused-ring (bicyclic) bond motifs is 1. The molecule has 0 aromatic heterocycles. The van der Waals surface area contributed by atoms with Crippen molar-refractivity contribution >= 4 is 14.1 Å². The van der Waals surface area contributed by atoms with Gasteiger partial charge in [0.1, 0.15) is 5.78 Å². The van der Waals surface area contributed by atoms with Crippen molar-refractivity contribution in [2.24, 2.45) is 16.7 Å². The zero-order valence-electron chi connectivity index (χ0n) is 16.8. The summed E-state index contributed by atoms with van der Waals surface area (Å²) >= 11 is 0. The molecule has 0 heterocycles. The van der Waals surface area contributed by atoms with Crippen molar-refractivity contribution in [3.8, 4) is 0 Å². The molecule has 2 nitrogen and oxygen atoms in total. The van der Waals surface area contributed by atoms with Crippen molar-refractivity contribution < 1.29 is 9.22 Å². The normalized spacial score (nSPS) is 34.0. The summed E-state index contributed by atoms with van der Waals surface area (Å²) in [7, 11) is -1.87. The molecule has 136 valence electrons. The van der Waals surface area contributed by atoms with Crippen LogP contribution >= 0.6 is 0 Å². The number of ketones is 1. The fourth-order valence-electron chi connectivity index (χ4n) is 4.28. The van der Waals surface area contributed by atoms with Gasteiger partial charge in [-0.3, -0.25) is 4.79 Å². The fourth-order valence-corrected chi connectivity index (χ4v) is 5.36. The summed E-state index contributed by atoms with van der Waals surface area (Å²) in [6.45, 7) is 20.3. The summed E-state index contributed by atoms with van der Waals surface area (Å²) in [5.74, 6) is 0.951. The van der Waals surface area contributed by atoms with Crippen LogP contribution in [0.25, 0.3) is 0 Å². The number of carbonyl (C=O) groups excluding carboxylic acids is 1. The van der Waals surface area contributed by atoms with E-state index in [1.165, 1.54) is 5.57 Å². The van der Waals surface area contributed by atoms with Gasteiger partial charge in [-0.15, -0.1) is 6.58 Å². The van der Waals surface area contributed by atoms with Crippen LogP contribution in [-0.4, -0.2) is 20.7 Å². The van der Waals surface area contributed by atoms with Crippen molar-refractivity contribution in [1.29, 1.82) is 0 Å². The van der Waals surface area contributed by atoms with Gasteiger partial charge in [0.25, 0.3) is 0 Å². The second-order valence-electron chi connectivity index (χ2n) is 9.71. The van der Waals surface area contributed by atoms with Crippen LogP contribution in [0.15, 0.2) is 24.3 Å².